The van der Waals surface area contributed by atoms with Crippen molar-refractivity contribution in [3.8, 4) is 0 Å². The van der Waals surface area contributed by atoms with Crippen molar-refractivity contribution in [2.24, 2.45) is 11.3 Å². The molecule has 2 N–H and O–H groups in total. The monoisotopic (exact) mass is 370 g/mol. The molecule has 0 spiro atoms. The molecule has 1 saturated carbocycles. The predicted octanol–water partition coefficient (Wildman–Crippen LogP) is 1.63. The Kier molecular flexibility index (Phi) is 7.25. The van der Waals surface area contributed by atoms with Crippen LogP contribution in [0.5, 0.6) is 0 Å². The minimum Gasteiger partial charge on any atom is -0.481 e. The number of carboxylic acid groups (broad SMARTS) is 1. The van der Waals surface area contributed by atoms with Crippen molar-refractivity contribution < 1.29 is 29.0 Å². The molecule has 1 heterocycles. The number of carbonyl (C=O) groups excluding carboxylic acids is 2. The van der Waals surface area contributed by atoms with Gasteiger partial charge in [0.05, 0.1) is 24.5 Å². The number of likely N-dealkylation sites (tertiary alicyclic amines) is 1. The summed E-state index contributed by atoms with van der Waals surface area (Å²) in [5, 5.41) is 12.1. The summed E-state index contributed by atoms with van der Waals surface area (Å²) in [6.07, 6.45) is 3.60. The van der Waals surface area contributed by atoms with Crippen molar-refractivity contribution in [1.29, 1.82) is 0 Å². The molecule has 26 heavy (non-hydrogen) atoms. The Morgan fingerprint density at radius 1 is 1.15 bits per heavy atom. The Labute approximate surface area is 154 Å². The van der Waals surface area contributed by atoms with Crippen LogP contribution in [0, 0.1) is 11.3 Å². The number of hydrogen-bond acceptors (Lipinski definition) is 5. The van der Waals surface area contributed by atoms with Crippen molar-refractivity contribution in [3.63, 3.8) is 0 Å². The maximum atomic E-state index is 12.5. The number of carbonyl (C=O) groups is 3. The fraction of sp³-hybridized carbons (Fsp3) is 0.833. The highest BCUT2D eigenvalue weighted by atomic mass is 16.5. The third-order valence-corrected chi connectivity index (χ3v) is 5.54. The van der Waals surface area contributed by atoms with Gasteiger partial charge in [0.1, 0.15) is 0 Å². The van der Waals surface area contributed by atoms with E-state index in [4.69, 9.17) is 14.6 Å². The first-order valence-corrected chi connectivity index (χ1v) is 9.36. The third kappa shape index (κ3) is 4.87. The SMILES string of the molecule is CCOC(=O)C1(COC)CCN(C(=O)NC2CCC(C(=O)O)CC2)CC1. The highest BCUT2D eigenvalue weighted by molar-refractivity contribution is 5.79. The minimum atomic E-state index is -0.751. The van der Waals surface area contributed by atoms with E-state index >= 15 is 0 Å². The Hall–Kier alpha value is -1.83. The van der Waals surface area contributed by atoms with Crippen LogP contribution < -0.4 is 5.32 Å². The minimum absolute atomic E-state index is 0.0221. The number of urea groups is 1. The van der Waals surface area contributed by atoms with Crippen LogP contribution in [0.1, 0.15) is 45.4 Å². The number of carboxylic acids is 1. The predicted molar refractivity (Wildman–Crippen MR) is 93.7 cm³/mol. The molecule has 0 atom stereocenters. The molecule has 2 fully saturated rings. The Balaban J connectivity index is 1.83. The number of esters is 1. The van der Waals surface area contributed by atoms with E-state index < -0.39 is 11.4 Å². The molecule has 0 aromatic rings. The average Bonchev–Trinajstić information content (AvgIpc) is 2.63. The van der Waals surface area contributed by atoms with E-state index in [1.165, 1.54) is 0 Å². The summed E-state index contributed by atoms with van der Waals surface area (Å²) in [6.45, 7) is 3.34. The summed E-state index contributed by atoms with van der Waals surface area (Å²) in [4.78, 5) is 37.5. The number of ether oxygens (including phenoxy) is 2. The molecule has 0 aromatic heterocycles. The van der Waals surface area contributed by atoms with Gasteiger partial charge in [0, 0.05) is 26.2 Å². The quantitative estimate of drug-likeness (QED) is 0.689. The maximum absolute atomic E-state index is 12.5. The number of methoxy groups -OCH3 is 1. The lowest BCUT2D eigenvalue weighted by atomic mass is 9.79. The van der Waals surface area contributed by atoms with Crippen LogP contribution in [0.3, 0.4) is 0 Å². The van der Waals surface area contributed by atoms with E-state index in [0.717, 1.165) is 0 Å². The number of piperidine rings is 1. The fourth-order valence-corrected chi connectivity index (χ4v) is 3.86. The molecule has 2 amide bonds. The van der Waals surface area contributed by atoms with Crippen LogP contribution >= 0.6 is 0 Å². The number of aliphatic carboxylic acids is 1. The molecular formula is C18H30N2O6. The number of amides is 2. The van der Waals surface area contributed by atoms with E-state index in [-0.39, 0.29) is 24.0 Å². The van der Waals surface area contributed by atoms with Crippen LogP contribution in [0.25, 0.3) is 0 Å². The lowest BCUT2D eigenvalue weighted by Gasteiger charge is -2.40. The number of rotatable bonds is 6. The first-order valence-electron chi connectivity index (χ1n) is 9.36. The van der Waals surface area contributed by atoms with E-state index in [0.29, 0.717) is 64.8 Å². The van der Waals surface area contributed by atoms with Crippen LogP contribution in [0.4, 0.5) is 4.79 Å². The van der Waals surface area contributed by atoms with Gasteiger partial charge >= 0.3 is 18.0 Å². The van der Waals surface area contributed by atoms with Gasteiger partial charge in [0.2, 0.25) is 0 Å². The van der Waals surface area contributed by atoms with Gasteiger partial charge in [-0.15, -0.1) is 0 Å². The Morgan fingerprint density at radius 2 is 1.77 bits per heavy atom. The molecule has 8 nitrogen and oxygen atoms in total. The van der Waals surface area contributed by atoms with Crippen LogP contribution in [0.15, 0.2) is 0 Å². The lowest BCUT2D eigenvalue weighted by molar-refractivity contribution is -0.162. The maximum Gasteiger partial charge on any atom is 0.317 e. The average molecular weight is 370 g/mol. The van der Waals surface area contributed by atoms with Crippen molar-refractivity contribution >= 4 is 18.0 Å². The van der Waals surface area contributed by atoms with Gasteiger partial charge in [-0.25, -0.2) is 4.79 Å². The summed E-state index contributed by atoms with van der Waals surface area (Å²) in [5.41, 5.74) is -0.679. The lowest BCUT2D eigenvalue weighted by Crippen LogP contribution is -2.53. The van der Waals surface area contributed by atoms with Gasteiger partial charge in [0.15, 0.2) is 0 Å². The zero-order chi connectivity index (χ0) is 19.2. The van der Waals surface area contributed by atoms with Crippen molar-refractivity contribution in [1.82, 2.24) is 10.2 Å². The Bertz CT molecular complexity index is 508. The molecule has 0 radical (unpaired) electrons. The zero-order valence-electron chi connectivity index (χ0n) is 15.7. The van der Waals surface area contributed by atoms with Crippen molar-refractivity contribution in [2.45, 2.75) is 51.5 Å². The molecule has 148 valence electrons. The molecule has 8 heteroatoms. The molecule has 0 bridgehead atoms. The smallest absolute Gasteiger partial charge is 0.317 e. The standard InChI is InChI=1S/C18H30N2O6/c1-3-26-16(23)18(12-25-2)8-10-20(11-9-18)17(24)19-14-6-4-13(5-7-14)15(21)22/h13-14H,3-12H2,1-2H3,(H,19,24)(H,21,22). The summed E-state index contributed by atoms with van der Waals surface area (Å²) in [6, 6.07) is -0.118. The van der Waals surface area contributed by atoms with Gasteiger partial charge in [0.25, 0.3) is 0 Å². The summed E-state index contributed by atoms with van der Waals surface area (Å²) >= 11 is 0. The van der Waals surface area contributed by atoms with Gasteiger partial charge in [-0.1, -0.05) is 0 Å². The van der Waals surface area contributed by atoms with E-state index in [1.807, 2.05) is 0 Å². The van der Waals surface area contributed by atoms with Gasteiger partial charge in [-0.05, 0) is 45.4 Å². The summed E-state index contributed by atoms with van der Waals surface area (Å²) in [5.74, 6) is -1.30. The molecule has 2 rings (SSSR count). The zero-order valence-corrected chi connectivity index (χ0v) is 15.7. The highest BCUT2D eigenvalue weighted by Crippen LogP contribution is 2.33. The first-order chi connectivity index (χ1) is 12.4. The number of nitrogens with one attached hydrogen (secondary N) is 1. The van der Waals surface area contributed by atoms with Crippen LogP contribution in [0.2, 0.25) is 0 Å². The van der Waals surface area contributed by atoms with Gasteiger partial charge in [-0.2, -0.15) is 0 Å². The van der Waals surface area contributed by atoms with E-state index in [1.54, 1.807) is 18.9 Å². The normalized spacial score (nSPS) is 25.4. The van der Waals surface area contributed by atoms with Crippen LogP contribution in [-0.2, 0) is 19.1 Å². The highest BCUT2D eigenvalue weighted by Gasteiger charge is 2.44. The molecule has 1 aliphatic carbocycles. The molecule has 2 aliphatic rings. The fourth-order valence-electron chi connectivity index (χ4n) is 3.86. The first kappa shape index (κ1) is 20.5. The third-order valence-electron chi connectivity index (χ3n) is 5.54. The van der Waals surface area contributed by atoms with E-state index in [2.05, 4.69) is 5.32 Å². The van der Waals surface area contributed by atoms with Crippen molar-refractivity contribution in [3.05, 3.63) is 0 Å². The number of nitrogens with zero attached hydrogens (tertiary/aromatic N) is 1. The molecule has 1 aliphatic heterocycles. The number of hydrogen-bond donors (Lipinski definition) is 2. The molecule has 1 saturated heterocycles. The largest absolute Gasteiger partial charge is 0.481 e. The van der Waals surface area contributed by atoms with Crippen LogP contribution in [-0.4, -0.2) is 67.4 Å². The second-order valence-electron chi connectivity index (χ2n) is 7.26. The second-order valence-corrected chi connectivity index (χ2v) is 7.26. The van der Waals surface area contributed by atoms with E-state index in [9.17, 15) is 14.4 Å². The second kappa shape index (κ2) is 9.21. The molecule has 0 aromatic carbocycles. The topological polar surface area (TPSA) is 105 Å². The Morgan fingerprint density at radius 3 is 2.27 bits per heavy atom. The summed E-state index contributed by atoms with van der Waals surface area (Å²) in [7, 11) is 1.56. The molecular weight excluding hydrogens is 340 g/mol. The van der Waals surface area contributed by atoms with Gasteiger partial charge < -0.3 is 24.8 Å². The molecule has 0 unspecified atom stereocenters. The van der Waals surface area contributed by atoms with Gasteiger partial charge in [-0.3, -0.25) is 9.59 Å². The van der Waals surface area contributed by atoms with Crippen molar-refractivity contribution in [2.75, 3.05) is 33.4 Å². The summed E-state index contributed by atoms with van der Waals surface area (Å²) < 4.78 is 10.4.